The van der Waals surface area contributed by atoms with Crippen LogP contribution in [0.1, 0.15) is 24.1 Å². The van der Waals surface area contributed by atoms with Crippen molar-refractivity contribution in [3.63, 3.8) is 0 Å². The molecular weight excluding hydrogens is 348 g/mol. The number of hydrogen-bond donors (Lipinski definition) is 3. The standard InChI is InChI=1S/C20H20N2O5/c1-3-27-19(24)16-17(12-8-10-13(26-2)11-9-12)21-20(25)22-18(16)14-6-4-5-7-15(14)23/h4-11,18,23H,3H2,1-2H3,(H2,21,22,25). The van der Waals surface area contributed by atoms with Crippen molar-refractivity contribution in [1.82, 2.24) is 10.6 Å². The maximum atomic E-state index is 12.7. The molecule has 0 fully saturated rings. The molecule has 0 spiro atoms. The summed E-state index contributed by atoms with van der Waals surface area (Å²) in [6, 6.07) is 12.1. The van der Waals surface area contributed by atoms with Crippen LogP contribution in [0.3, 0.4) is 0 Å². The number of aromatic hydroxyl groups is 1. The van der Waals surface area contributed by atoms with Crippen LogP contribution in [0.25, 0.3) is 5.70 Å². The number of amides is 2. The Bertz CT molecular complexity index is 890. The molecule has 0 radical (unpaired) electrons. The van der Waals surface area contributed by atoms with Crippen LogP contribution in [0.5, 0.6) is 11.5 Å². The molecule has 0 aliphatic carbocycles. The van der Waals surface area contributed by atoms with Gasteiger partial charge in [0.15, 0.2) is 0 Å². The SMILES string of the molecule is CCOC(=O)C1=C(c2ccc(OC)cc2)NC(=O)NC1c1ccccc1O. The first-order chi connectivity index (χ1) is 13.0. The van der Waals surface area contributed by atoms with Crippen molar-refractivity contribution in [2.45, 2.75) is 13.0 Å². The molecule has 3 N–H and O–H groups in total. The third-order valence-electron chi connectivity index (χ3n) is 4.19. The highest BCUT2D eigenvalue weighted by molar-refractivity contribution is 6.04. The van der Waals surface area contributed by atoms with Crippen LogP contribution in [0.2, 0.25) is 0 Å². The number of carbonyl (C=O) groups is 2. The van der Waals surface area contributed by atoms with E-state index in [0.29, 0.717) is 22.6 Å². The van der Waals surface area contributed by atoms with Gasteiger partial charge < -0.3 is 25.2 Å². The largest absolute Gasteiger partial charge is 0.508 e. The lowest BCUT2D eigenvalue weighted by Gasteiger charge is -2.29. The Hall–Kier alpha value is -3.48. The molecule has 0 saturated heterocycles. The number of methoxy groups -OCH3 is 1. The van der Waals surface area contributed by atoms with E-state index < -0.39 is 18.0 Å². The number of para-hydroxylation sites is 1. The number of phenolic OH excluding ortho intramolecular Hbond substituents is 1. The smallest absolute Gasteiger partial charge is 0.338 e. The molecule has 1 aliphatic rings. The van der Waals surface area contributed by atoms with E-state index in [0.717, 1.165) is 0 Å². The van der Waals surface area contributed by atoms with Crippen LogP contribution in [-0.2, 0) is 9.53 Å². The highest BCUT2D eigenvalue weighted by Gasteiger charge is 2.35. The zero-order valence-electron chi connectivity index (χ0n) is 15.0. The summed E-state index contributed by atoms with van der Waals surface area (Å²) in [6.07, 6.45) is 0. The lowest BCUT2D eigenvalue weighted by atomic mass is 9.92. The Kier molecular flexibility index (Phi) is 5.30. The van der Waals surface area contributed by atoms with Crippen LogP contribution in [0.15, 0.2) is 54.1 Å². The molecule has 7 heteroatoms. The molecule has 1 atom stereocenters. The fraction of sp³-hybridized carbons (Fsp3) is 0.200. The number of ether oxygens (including phenoxy) is 2. The molecule has 1 unspecified atom stereocenters. The molecule has 1 heterocycles. The van der Waals surface area contributed by atoms with Gasteiger partial charge in [0.25, 0.3) is 0 Å². The van der Waals surface area contributed by atoms with Crippen LogP contribution >= 0.6 is 0 Å². The minimum Gasteiger partial charge on any atom is -0.508 e. The maximum absolute atomic E-state index is 12.7. The average Bonchev–Trinajstić information content (AvgIpc) is 2.68. The van der Waals surface area contributed by atoms with Gasteiger partial charge in [-0.05, 0) is 42.8 Å². The van der Waals surface area contributed by atoms with Crippen molar-refractivity contribution in [2.75, 3.05) is 13.7 Å². The lowest BCUT2D eigenvalue weighted by Crippen LogP contribution is -2.45. The molecular formula is C20H20N2O5. The Labute approximate surface area is 156 Å². The molecule has 2 amide bonds. The number of carbonyl (C=O) groups excluding carboxylic acids is 2. The van der Waals surface area contributed by atoms with Gasteiger partial charge in [0.1, 0.15) is 11.5 Å². The van der Waals surface area contributed by atoms with E-state index in [4.69, 9.17) is 9.47 Å². The summed E-state index contributed by atoms with van der Waals surface area (Å²) in [4.78, 5) is 25.0. The third-order valence-corrected chi connectivity index (χ3v) is 4.19. The van der Waals surface area contributed by atoms with Crippen molar-refractivity contribution in [3.8, 4) is 11.5 Å². The van der Waals surface area contributed by atoms with Gasteiger partial charge in [-0.1, -0.05) is 18.2 Å². The second kappa shape index (κ2) is 7.82. The summed E-state index contributed by atoms with van der Waals surface area (Å²) >= 11 is 0. The minimum absolute atomic E-state index is 0.0272. The highest BCUT2D eigenvalue weighted by Crippen LogP contribution is 2.35. The van der Waals surface area contributed by atoms with Gasteiger partial charge in [-0.3, -0.25) is 0 Å². The number of urea groups is 1. The topological polar surface area (TPSA) is 96.9 Å². The van der Waals surface area contributed by atoms with Crippen molar-refractivity contribution >= 4 is 17.7 Å². The zero-order valence-corrected chi connectivity index (χ0v) is 15.0. The first-order valence-electron chi connectivity index (χ1n) is 8.46. The number of benzene rings is 2. The summed E-state index contributed by atoms with van der Waals surface area (Å²) in [5, 5.41) is 15.6. The van der Waals surface area contributed by atoms with Crippen LogP contribution in [-0.4, -0.2) is 30.8 Å². The van der Waals surface area contributed by atoms with E-state index in [9.17, 15) is 14.7 Å². The predicted molar refractivity (Wildman–Crippen MR) is 99.1 cm³/mol. The minimum atomic E-state index is -0.851. The molecule has 27 heavy (non-hydrogen) atoms. The average molecular weight is 368 g/mol. The van der Waals surface area contributed by atoms with E-state index in [1.54, 1.807) is 56.5 Å². The second-order valence-corrected chi connectivity index (χ2v) is 5.83. The molecule has 2 aromatic carbocycles. The van der Waals surface area contributed by atoms with Gasteiger partial charge in [0, 0.05) is 5.56 Å². The van der Waals surface area contributed by atoms with Gasteiger partial charge >= 0.3 is 12.0 Å². The monoisotopic (exact) mass is 368 g/mol. The fourth-order valence-electron chi connectivity index (χ4n) is 2.94. The van der Waals surface area contributed by atoms with Crippen molar-refractivity contribution in [2.24, 2.45) is 0 Å². The predicted octanol–water partition coefficient (Wildman–Crippen LogP) is 2.73. The summed E-state index contributed by atoms with van der Waals surface area (Å²) in [5.41, 5.74) is 1.56. The van der Waals surface area contributed by atoms with Crippen LogP contribution < -0.4 is 15.4 Å². The van der Waals surface area contributed by atoms with Gasteiger partial charge in [0.05, 0.1) is 31.0 Å². The third kappa shape index (κ3) is 3.72. The summed E-state index contributed by atoms with van der Waals surface area (Å²) < 4.78 is 10.4. The van der Waals surface area contributed by atoms with E-state index in [1.807, 2.05) is 0 Å². The molecule has 0 aromatic heterocycles. The number of rotatable bonds is 5. The van der Waals surface area contributed by atoms with Crippen molar-refractivity contribution in [3.05, 3.63) is 65.2 Å². The van der Waals surface area contributed by atoms with Gasteiger partial charge in [-0.2, -0.15) is 0 Å². The number of hydrogen-bond acceptors (Lipinski definition) is 5. The van der Waals surface area contributed by atoms with Crippen molar-refractivity contribution in [1.29, 1.82) is 0 Å². The van der Waals surface area contributed by atoms with Gasteiger partial charge in [-0.15, -0.1) is 0 Å². The van der Waals surface area contributed by atoms with E-state index in [2.05, 4.69) is 10.6 Å². The molecule has 140 valence electrons. The number of phenols is 1. The fourth-order valence-corrected chi connectivity index (χ4v) is 2.94. The van der Waals surface area contributed by atoms with E-state index in [-0.39, 0.29) is 17.9 Å². The summed E-state index contributed by atoms with van der Waals surface area (Å²) in [5.74, 6) is 0.0409. The van der Waals surface area contributed by atoms with Crippen LogP contribution in [0, 0.1) is 0 Å². The first kappa shape index (κ1) is 18.3. The molecule has 7 nitrogen and oxygen atoms in total. The lowest BCUT2D eigenvalue weighted by molar-refractivity contribution is -0.138. The van der Waals surface area contributed by atoms with E-state index in [1.165, 1.54) is 6.07 Å². The van der Waals surface area contributed by atoms with Crippen LogP contribution in [0.4, 0.5) is 4.79 Å². The molecule has 1 aliphatic heterocycles. The van der Waals surface area contributed by atoms with Gasteiger partial charge in [-0.25, -0.2) is 9.59 Å². The number of nitrogens with one attached hydrogen (secondary N) is 2. The molecule has 3 rings (SSSR count). The zero-order chi connectivity index (χ0) is 19.4. The Balaban J connectivity index is 2.18. The van der Waals surface area contributed by atoms with E-state index >= 15 is 0 Å². The number of esters is 1. The maximum Gasteiger partial charge on any atom is 0.338 e. The molecule has 0 saturated carbocycles. The second-order valence-electron chi connectivity index (χ2n) is 5.83. The van der Waals surface area contributed by atoms with Gasteiger partial charge in [0.2, 0.25) is 0 Å². The molecule has 0 bridgehead atoms. The first-order valence-corrected chi connectivity index (χ1v) is 8.46. The quantitative estimate of drug-likeness (QED) is 0.705. The van der Waals surface area contributed by atoms with Crippen molar-refractivity contribution < 1.29 is 24.2 Å². The summed E-state index contributed by atoms with van der Waals surface area (Å²) in [7, 11) is 1.55. The Morgan fingerprint density at radius 3 is 2.48 bits per heavy atom. The molecule has 2 aromatic rings. The summed E-state index contributed by atoms with van der Waals surface area (Å²) in [6.45, 7) is 1.88. The Morgan fingerprint density at radius 2 is 1.85 bits per heavy atom. The highest BCUT2D eigenvalue weighted by atomic mass is 16.5. The Morgan fingerprint density at radius 1 is 1.15 bits per heavy atom. The normalized spacial score (nSPS) is 16.4.